The van der Waals surface area contributed by atoms with Gasteiger partial charge in [-0.2, -0.15) is 0 Å². The Morgan fingerprint density at radius 3 is 2.59 bits per heavy atom. The molecule has 2 amide bonds. The Balaban J connectivity index is 1.77. The first-order chi connectivity index (χ1) is 13.0. The molecular weight excluding hydrogens is 344 g/mol. The van der Waals surface area contributed by atoms with Crippen LogP contribution in [0.15, 0.2) is 24.3 Å². The third-order valence-corrected chi connectivity index (χ3v) is 4.57. The van der Waals surface area contributed by atoms with Crippen molar-refractivity contribution in [1.29, 1.82) is 0 Å². The highest BCUT2D eigenvalue weighted by atomic mass is 16.5. The van der Waals surface area contributed by atoms with Gasteiger partial charge in [0.05, 0.1) is 12.8 Å². The molecule has 0 aliphatic carbocycles. The molecule has 0 spiro atoms. The maximum atomic E-state index is 12.7. The van der Waals surface area contributed by atoms with Crippen molar-refractivity contribution in [2.45, 2.75) is 52.2 Å². The number of nitrogens with one attached hydrogen (secondary N) is 2. The molecule has 0 saturated heterocycles. The molecule has 0 atom stereocenters. The van der Waals surface area contributed by atoms with Crippen molar-refractivity contribution >= 4 is 11.8 Å². The standard InChI is InChI=1S/C20H26N4O3/c1-13(2)22-19(25)17-16-6-4-5-11-24(16)18(23-17)20(26)21-12-14-7-9-15(27-3)10-8-14/h7-10,13H,4-6,11-12H2,1-3H3,(H,21,26)(H,22,25). The molecule has 2 N–H and O–H groups in total. The molecule has 0 bridgehead atoms. The molecule has 1 aliphatic rings. The molecule has 7 nitrogen and oxygen atoms in total. The lowest BCUT2D eigenvalue weighted by Gasteiger charge is -2.17. The summed E-state index contributed by atoms with van der Waals surface area (Å²) < 4.78 is 7.03. The van der Waals surface area contributed by atoms with Gasteiger partial charge in [-0.1, -0.05) is 12.1 Å². The predicted octanol–water partition coefficient (Wildman–Crippen LogP) is 2.30. The highest BCUT2D eigenvalue weighted by molar-refractivity contribution is 5.97. The fraction of sp³-hybridized carbons (Fsp3) is 0.450. The van der Waals surface area contributed by atoms with E-state index in [9.17, 15) is 9.59 Å². The summed E-state index contributed by atoms with van der Waals surface area (Å²) in [7, 11) is 1.62. The van der Waals surface area contributed by atoms with Crippen LogP contribution in [0.2, 0.25) is 0 Å². The summed E-state index contributed by atoms with van der Waals surface area (Å²) in [6.07, 6.45) is 2.74. The number of carbonyl (C=O) groups is 2. The summed E-state index contributed by atoms with van der Waals surface area (Å²) in [5, 5.41) is 5.77. The number of hydrogen-bond acceptors (Lipinski definition) is 4. The van der Waals surface area contributed by atoms with Crippen LogP contribution in [-0.4, -0.2) is 34.5 Å². The zero-order valence-corrected chi connectivity index (χ0v) is 16.0. The highest BCUT2D eigenvalue weighted by Gasteiger charge is 2.27. The molecule has 3 rings (SSSR count). The molecule has 0 fully saturated rings. The summed E-state index contributed by atoms with van der Waals surface area (Å²) in [6.45, 7) is 4.91. The van der Waals surface area contributed by atoms with Crippen molar-refractivity contribution in [2.75, 3.05) is 7.11 Å². The molecule has 0 unspecified atom stereocenters. The van der Waals surface area contributed by atoms with Gasteiger partial charge >= 0.3 is 0 Å². The van der Waals surface area contributed by atoms with Crippen LogP contribution in [0.1, 0.15) is 59.1 Å². The number of fused-ring (bicyclic) bond motifs is 1. The molecule has 2 heterocycles. The number of benzene rings is 1. The fourth-order valence-electron chi connectivity index (χ4n) is 3.23. The smallest absolute Gasteiger partial charge is 0.287 e. The van der Waals surface area contributed by atoms with Gasteiger partial charge in [-0.3, -0.25) is 9.59 Å². The zero-order valence-electron chi connectivity index (χ0n) is 16.0. The van der Waals surface area contributed by atoms with Crippen LogP contribution in [0.25, 0.3) is 0 Å². The van der Waals surface area contributed by atoms with Crippen LogP contribution >= 0.6 is 0 Å². The summed E-state index contributed by atoms with van der Waals surface area (Å²) in [5.74, 6) is 0.600. The molecule has 0 saturated carbocycles. The van der Waals surface area contributed by atoms with E-state index >= 15 is 0 Å². The Bertz CT molecular complexity index is 824. The van der Waals surface area contributed by atoms with Gasteiger partial charge in [0, 0.05) is 19.1 Å². The normalized spacial score (nSPS) is 13.2. The molecule has 7 heteroatoms. The van der Waals surface area contributed by atoms with Crippen molar-refractivity contribution in [3.05, 3.63) is 47.0 Å². The minimum absolute atomic E-state index is 0.0192. The van der Waals surface area contributed by atoms with E-state index in [0.29, 0.717) is 24.6 Å². The highest BCUT2D eigenvalue weighted by Crippen LogP contribution is 2.21. The monoisotopic (exact) mass is 370 g/mol. The Kier molecular flexibility index (Phi) is 5.78. The number of nitrogens with zero attached hydrogens (tertiary/aromatic N) is 2. The van der Waals surface area contributed by atoms with Gasteiger partial charge in [0.15, 0.2) is 5.82 Å². The summed E-state index contributed by atoms with van der Waals surface area (Å²) in [6, 6.07) is 7.54. The van der Waals surface area contributed by atoms with Crippen molar-refractivity contribution < 1.29 is 14.3 Å². The van der Waals surface area contributed by atoms with Gasteiger partial charge in [-0.25, -0.2) is 4.98 Å². The zero-order chi connectivity index (χ0) is 19.4. The van der Waals surface area contributed by atoms with E-state index in [4.69, 9.17) is 4.74 Å². The van der Waals surface area contributed by atoms with Crippen molar-refractivity contribution in [1.82, 2.24) is 20.2 Å². The van der Waals surface area contributed by atoms with Crippen LogP contribution in [0, 0.1) is 0 Å². The van der Waals surface area contributed by atoms with Gasteiger partial charge in [-0.15, -0.1) is 0 Å². The molecule has 1 aliphatic heterocycles. The molecule has 27 heavy (non-hydrogen) atoms. The molecule has 1 aromatic carbocycles. The van der Waals surface area contributed by atoms with E-state index in [1.807, 2.05) is 42.7 Å². The first kappa shape index (κ1) is 18.9. The number of methoxy groups -OCH3 is 1. The van der Waals surface area contributed by atoms with Gasteiger partial charge < -0.3 is 19.9 Å². The number of carbonyl (C=O) groups excluding carboxylic acids is 2. The van der Waals surface area contributed by atoms with Gasteiger partial charge in [0.2, 0.25) is 0 Å². The van der Waals surface area contributed by atoms with E-state index < -0.39 is 0 Å². The maximum absolute atomic E-state index is 12.7. The van der Waals surface area contributed by atoms with Crippen LogP contribution in [0.4, 0.5) is 0 Å². The number of amides is 2. The summed E-state index contributed by atoms with van der Waals surface area (Å²) in [4.78, 5) is 29.6. The van der Waals surface area contributed by atoms with Crippen molar-refractivity contribution in [2.24, 2.45) is 0 Å². The molecule has 2 aromatic rings. The number of ether oxygens (including phenoxy) is 1. The SMILES string of the molecule is COc1ccc(CNC(=O)c2nc(C(=O)NC(C)C)c3n2CCCC3)cc1. The van der Waals surface area contributed by atoms with E-state index in [0.717, 1.165) is 36.3 Å². The van der Waals surface area contributed by atoms with Gasteiger partial charge in [0.1, 0.15) is 11.4 Å². The lowest BCUT2D eigenvalue weighted by molar-refractivity contribution is 0.0934. The van der Waals surface area contributed by atoms with Crippen LogP contribution < -0.4 is 15.4 Å². The third kappa shape index (κ3) is 4.30. The lowest BCUT2D eigenvalue weighted by atomic mass is 10.1. The van der Waals surface area contributed by atoms with E-state index in [1.54, 1.807) is 7.11 Å². The predicted molar refractivity (Wildman–Crippen MR) is 102 cm³/mol. The second-order valence-electron chi connectivity index (χ2n) is 7.00. The van der Waals surface area contributed by atoms with Crippen molar-refractivity contribution in [3.8, 4) is 5.75 Å². The largest absolute Gasteiger partial charge is 0.497 e. The van der Waals surface area contributed by atoms with E-state index in [1.165, 1.54) is 0 Å². The average molecular weight is 370 g/mol. The fourth-order valence-corrected chi connectivity index (χ4v) is 3.23. The van der Waals surface area contributed by atoms with Gasteiger partial charge in [-0.05, 0) is 50.8 Å². The average Bonchev–Trinajstić information content (AvgIpc) is 3.06. The second kappa shape index (κ2) is 8.24. The van der Waals surface area contributed by atoms with E-state index in [2.05, 4.69) is 15.6 Å². The minimum atomic E-state index is -0.266. The number of imidazole rings is 1. The third-order valence-electron chi connectivity index (χ3n) is 4.57. The molecule has 144 valence electrons. The van der Waals surface area contributed by atoms with Crippen molar-refractivity contribution in [3.63, 3.8) is 0 Å². The number of rotatable bonds is 6. The molecule has 0 radical (unpaired) electrons. The Hall–Kier alpha value is -2.83. The molecular formula is C20H26N4O3. The Morgan fingerprint density at radius 1 is 1.19 bits per heavy atom. The summed E-state index contributed by atoms with van der Waals surface area (Å²) >= 11 is 0. The lowest BCUT2D eigenvalue weighted by Crippen LogP contribution is -2.31. The first-order valence-corrected chi connectivity index (χ1v) is 9.31. The maximum Gasteiger partial charge on any atom is 0.287 e. The minimum Gasteiger partial charge on any atom is -0.497 e. The van der Waals surface area contributed by atoms with Gasteiger partial charge in [0.25, 0.3) is 11.8 Å². The van der Waals surface area contributed by atoms with E-state index in [-0.39, 0.29) is 17.9 Å². The van der Waals surface area contributed by atoms with Crippen LogP contribution in [0.5, 0.6) is 5.75 Å². The molecule has 1 aromatic heterocycles. The topological polar surface area (TPSA) is 85.2 Å². The Labute approximate surface area is 159 Å². The van der Waals surface area contributed by atoms with Crippen LogP contribution in [-0.2, 0) is 19.5 Å². The van der Waals surface area contributed by atoms with Crippen LogP contribution in [0.3, 0.4) is 0 Å². The number of aromatic nitrogens is 2. The summed E-state index contributed by atoms with van der Waals surface area (Å²) in [5.41, 5.74) is 2.19. The first-order valence-electron chi connectivity index (χ1n) is 9.31. The quantitative estimate of drug-likeness (QED) is 0.817. The Morgan fingerprint density at radius 2 is 1.93 bits per heavy atom. The second-order valence-corrected chi connectivity index (χ2v) is 7.00. The number of hydrogen-bond donors (Lipinski definition) is 2.